The molecule has 1 saturated heterocycles. The molecule has 0 bridgehead atoms. The zero-order valence-corrected chi connectivity index (χ0v) is 7.97. The van der Waals surface area contributed by atoms with Gasteiger partial charge in [-0.15, -0.1) is 12.3 Å². The van der Waals surface area contributed by atoms with Gasteiger partial charge in [0.25, 0.3) is 0 Å². The van der Waals surface area contributed by atoms with E-state index in [0.717, 1.165) is 32.7 Å². The molecule has 0 saturated carbocycles. The Morgan fingerprint density at radius 2 is 2.33 bits per heavy atom. The predicted octanol–water partition coefficient (Wildman–Crippen LogP) is 1.12. The van der Waals surface area contributed by atoms with Gasteiger partial charge in [0.1, 0.15) is 0 Å². The van der Waals surface area contributed by atoms with Crippen molar-refractivity contribution in [2.24, 2.45) is 0 Å². The van der Waals surface area contributed by atoms with Crippen LogP contribution in [0.15, 0.2) is 0 Å². The summed E-state index contributed by atoms with van der Waals surface area (Å²) in [6.45, 7) is 8.09. The Kier molecular flexibility index (Phi) is 3.13. The van der Waals surface area contributed by atoms with Gasteiger partial charge in [-0.25, -0.2) is 0 Å². The third-order valence-electron chi connectivity index (χ3n) is 2.08. The van der Waals surface area contributed by atoms with E-state index in [1.54, 1.807) is 0 Å². The SMILES string of the molecule is C#CCCN1CCOC(C)(C)C1. The number of rotatable bonds is 2. The number of nitrogens with zero attached hydrogens (tertiary/aromatic N) is 1. The van der Waals surface area contributed by atoms with Gasteiger partial charge in [-0.3, -0.25) is 4.90 Å². The second-order valence-electron chi connectivity index (χ2n) is 3.84. The molecule has 0 aliphatic carbocycles. The zero-order valence-electron chi connectivity index (χ0n) is 7.97. The van der Waals surface area contributed by atoms with E-state index < -0.39 is 0 Å². The van der Waals surface area contributed by atoms with Crippen LogP contribution in [0.1, 0.15) is 20.3 Å². The summed E-state index contributed by atoms with van der Waals surface area (Å²) >= 11 is 0. The van der Waals surface area contributed by atoms with Gasteiger partial charge in [0, 0.05) is 26.1 Å². The van der Waals surface area contributed by atoms with E-state index in [1.807, 2.05) is 0 Å². The minimum absolute atomic E-state index is 0.00679. The van der Waals surface area contributed by atoms with E-state index in [0.29, 0.717) is 0 Å². The summed E-state index contributed by atoms with van der Waals surface area (Å²) in [5.74, 6) is 2.66. The lowest BCUT2D eigenvalue weighted by Crippen LogP contribution is -2.48. The molecule has 1 fully saturated rings. The van der Waals surface area contributed by atoms with Crippen LogP contribution in [0.4, 0.5) is 0 Å². The smallest absolute Gasteiger partial charge is 0.0753 e. The van der Waals surface area contributed by atoms with Crippen molar-refractivity contribution < 1.29 is 4.74 Å². The zero-order chi connectivity index (χ0) is 9.03. The van der Waals surface area contributed by atoms with Crippen molar-refractivity contribution in [3.8, 4) is 12.3 Å². The monoisotopic (exact) mass is 167 g/mol. The van der Waals surface area contributed by atoms with Crippen molar-refractivity contribution in [2.75, 3.05) is 26.2 Å². The maximum Gasteiger partial charge on any atom is 0.0753 e. The average Bonchev–Trinajstić information content (AvgIpc) is 1.99. The van der Waals surface area contributed by atoms with Crippen molar-refractivity contribution in [3.63, 3.8) is 0 Å². The van der Waals surface area contributed by atoms with Gasteiger partial charge in [0.2, 0.25) is 0 Å². The molecular weight excluding hydrogens is 150 g/mol. The maximum absolute atomic E-state index is 5.58. The lowest BCUT2D eigenvalue weighted by atomic mass is 10.1. The molecule has 0 atom stereocenters. The van der Waals surface area contributed by atoms with Crippen LogP contribution in [0.5, 0.6) is 0 Å². The molecule has 2 nitrogen and oxygen atoms in total. The quantitative estimate of drug-likeness (QED) is 0.571. The fraction of sp³-hybridized carbons (Fsp3) is 0.800. The number of hydrogen-bond donors (Lipinski definition) is 0. The predicted molar refractivity (Wildman–Crippen MR) is 49.9 cm³/mol. The highest BCUT2D eigenvalue weighted by Gasteiger charge is 2.26. The summed E-state index contributed by atoms with van der Waals surface area (Å²) in [6.07, 6.45) is 6.05. The van der Waals surface area contributed by atoms with E-state index in [9.17, 15) is 0 Å². The number of ether oxygens (including phenoxy) is 1. The summed E-state index contributed by atoms with van der Waals surface area (Å²) in [7, 11) is 0. The first-order valence-electron chi connectivity index (χ1n) is 4.44. The van der Waals surface area contributed by atoms with E-state index in [4.69, 9.17) is 11.2 Å². The van der Waals surface area contributed by atoms with Crippen molar-refractivity contribution in [2.45, 2.75) is 25.9 Å². The number of terminal acetylenes is 1. The van der Waals surface area contributed by atoms with Gasteiger partial charge in [0.15, 0.2) is 0 Å². The highest BCUT2D eigenvalue weighted by atomic mass is 16.5. The Balaban J connectivity index is 2.32. The summed E-state index contributed by atoms with van der Waals surface area (Å²) in [4.78, 5) is 2.36. The molecule has 0 N–H and O–H groups in total. The Labute approximate surface area is 74.9 Å². The Morgan fingerprint density at radius 3 is 2.92 bits per heavy atom. The molecule has 12 heavy (non-hydrogen) atoms. The molecule has 68 valence electrons. The molecule has 0 amide bonds. The standard InChI is InChI=1S/C10H17NO/c1-4-5-6-11-7-8-12-10(2,3)9-11/h1H,5-9H2,2-3H3. The molecule has 0 aromatic rings. The first-order valence-corrected chi connectivity index (χ1v) is 4.44. The maximum atomic E-state index is 5.58. The van der Waals surface area contributed by atoms with Gasteiger partial charge in [-0.2, -0.15) is 0 Å². The Bertz CT molecular complexity index is 181. The second-order valence-corrected chi connectivity index (χ2v) is 3.84. The Morgan fingerprint density at radius 1 is 1.58 bits per heavy atom. The summed E-state index contributed by atoms with van der Waals surface area (Å²) < 4.78 is 5.58. The molecule has 0 unspecified atom stereocenters. The molecule has 2 heteroatoms. The molecular formula is C10H17NO. The van der Waals surface area contributed by atoms with E-state index >= 15 is 0 Å². The van der Waals surface area contributed by atoms with E-state index in [-0.39, 0.29) is 5.60 Å². The van der Waals surface area contributed by atoms with Gasteiger partial charge in [0.05, 0.1) is 12.2 Å². The van der Waals surface area contributed by atoms with Crippen molar-refractivity contribution >= 4 is 0 Å². The molecule has 1 aliphatic rings. The van der Waals surface area contributed by atoms with Crippen LogP contribution in [-0.2, 0) is 4.74 Å². The van der Waals surface area contributed by atoms with Gasteiger partial charge in [-0.05, 0) is 13.8 Å². The van der Waals surface area contributed by atoms with Crippen molar-refractivity contribution in [3.05, 3.63) is 0 Å². The van der Waals surface area contributed by atoms with Crippen LogP contribution in [0.25, 0.3) is 0 Å². The van der Waals surface area contributed by atoms with Crippen LogP contribution in [0, 0.1) is 12.3 Å². The second kappa shape index (κ2) is 3.93. The topological polar surface area (TPSA) is 12.5 Å². The Hall–Kier alpha value is -0.520. The van der Waals surface area contributed by atoms with Crippen LogP contribution in [0.3, 0.4) is 0 Å². The minimum atomic E-state index is 0.00679. The molecule has 0 radical (unpaired) electrons. The third-order valence-corrected chi connectivity index (χ3v) is 2.08. The summed E-state index contributed by atoms with van der Waals surface area (Å²) in [6, 6.07) is 0. The molecule has 1 rings (SSSR count). The van der Waals surface area contributed by atoms with Crippen molar-refractivity contribution in [1.82, 2.24) is 4.90 Å². The summed E-state index contributed by atoms with van der Waals surface area (Å²) in [5.41, 5.74) is 0.00679. The van der Waals surface area contributed by atoms with E-state index in [2.05, 4.69) is 24.7 Å². The van der Waals surface area contributed by atoms with Gasteiger partial charge >= 0.3 is 0 Å². The first kappa shape index (κ1) is 9.57. The average molecular weight is 167 g/mol. The highest BCUT2D eigenvalue weighted by molar-refractivity contribution is 4.87. The van der Waals surface area contributed by atoms with Crippen LogP contribution in [-0.4, -0.2) is 36.7 Å². The van der Waals surface area contributed by atoms with Crippen LogP contribution < -0.4 is 0 Å². The summed E-state index contributed by atoms with van der Waals surface area (Å²) in [5, 5.41) is 0. The first-order chi connectivity index (χ1) is 5.64. The normalized spacial score (nSPS) is 23.4. The fourth-order valence-corrected chi connectivity index (χ4v) is 1.53. The highest BCUT2D eigenvalue weighted by Crippen LogP contribution is 2.15. The van der Waals surface area contributed by atoms with Gasteiger partial charge < -0.3 is 4.74 Å². The van der Waals surface area contributed by atoms with Crippen molar-refractivity contribution in [1.29, 1.82) is 0 Å². The van der Waals surface area contributed by atoms with E-state index in [1.165, 1.54) is 0 Å². The lowest BCUT2D eigenvalue weighted by Gasteiger charge is -2.37. The molecule has 1 aliphatic heterocycles. The van der Waals surface area contributed by atoms with Crippen LogP contribution >= 0.6 is 0 Å². The third kappa shape index (κ3) is 2.84. The largest absolute Gasteiger partial charge is 0.373 e. The minimum Gasteiger partial charge on any atom is -0.373 e. The number of hydrogen-bond acceptors (Lipinski definition) is 2. The molecule has 0 aromatic carbocycles. The molecule has 0 aromatic heterocycles. The van der Waals surface area contributed by atoms with Gasteiger partial charge in [-0.1, -0.05) is 0 Å². The molecule has 1 heterocycles. The fourth-order valence-electron chi connectivity index (χ4n) is 1.53. The van der Waals surface area contributed by atoms with Crippen LogP contribution in [0.2, 0.25) is 0 Å². The lowest BCUT2D eigenvalue weighted by molar-refractivity contribution is -0.0853. The molecule has 0 spiro atoms. The number of morpholine rings is 1.